The van der Waals surface area contributed by atoms with Gasteiger partial charge in [-0.15, -0.1) is 0 Å². The average molecular weight is 483 g/mol. The first kappa shape index (κ1) is 23.2. The van der Waals surface area contributed by atoms with E-state index >= 15 is 0 Å². The molecule has 0 radical (unpaired) electrons. The van der Waals surface area contributed by atoms with Crippen LogP contribution in [0.5, 0.6) is 0 Å². The van der Waals surface area contributed by atoms with Gasteiger partial charge in [0.25, 0.3) is 0 Å². The SMILES string of the molecule is O=C(Cc1c(F)cccc1Cl)N1CCN(Cc2nc(-c3cccc(C(F)(F)F)c3)no2)CC1. The first-order valence-corrected chi connectivity index (χ1v) is 10.5. The Kier molecular flexibility index (Phi) is 6.66. The maximum Gasteiger partial charge on any atom is 0.416 e. The summed E-state index contributed by atoms with van der Waals surface area (Å²) >= 11 is 6.01. The molecule has 6 nitrogen and oxygen atoms in total. The summed E-state index contributed by atoms with van der Waals surface area (Å²) in [6.45, 7) is 2.21. The second kappa shape index (κ2) is 9.48. The summed E-state index contributed by atoms with van der Waals surface area (Å²) < 4.78 is 57.9. The largest absolute Gasteiger partial charge is 0.416 e. The number of amides is 1. The molecule has 4 rings (SSSR count). The Morgan fingerprint density at radius 1 is 1.09 bits per heavy atom. The Hall–Kier alpha value is -2.98. The van der Waals surface area contributed by atoms with E-state index in [1.807, 2.05) is 4.90 Å². The van der Waals surface area contributed by atoms with E-state index in [0.29, 0.717) is 32.7 Å². The molecule has 1 amide bonds. The quantitative estimate of drug-likeness (QED) is 0.503. The monoisotopic (exact) mass is 482 g/mol. The van der Waals surface area contributed by atoms with Crippen molar-refractivity contribution in [1.29, 1.82) is 0 Å². The number of benzene rings is 2. The molecule has 0 bridgehead atoms. The van der Waals surface area contributed by atoms with Gasteiger partial charge in [0.2, 0.25) is 17.6 Å². The van der Waals surface area contributed by atoms with Gasteiger partial charge in [0.05, 0.1) is 18.5 Å². The van der Waals surface area contributed by atoms with Crippen molar-refractivity contribution >= 4 is 17.5 Å². The van der Waals surface area contributed by atoms with Crippen LogP contribution in [0, 0.1) is 5.82 Å². The van der Waals surface area contributed by atoms with Crippen molar-refractivity contribution in [2.75, 3.05) is 26.2 Å². The lowest BCUT2D eigenvalue weighted by molar-refractivity contribution is -0.137. The molecule has 0 atom stereocenters. The molecule has 2 aromatic carbocycles. The van der Waals surface area contributed by atoms with E-state index in [0.717, 1.165) is 12.1 Å². The fourth-order valence-corrected chi connectivity index (χ4v) is 3.81. The van der Waals surface area contributed by atoms with Gasteiger partial charge in [-0.2, -0.15) is 18.2 Å². The summed E-state index contributed by atoms with van der Waals surface area (Å²) in [7, 11) is 0. The fourth-order valence-electron chi connectivity index (χ4n) is 3.58. The zero-order chi connectivity index (χ0) is 23.6. The molecule has 1 aromatic heterocycles. The number of aromatic nitrogens is 2. The van der Waals surface area contributed by atoms with Crippen molar-refractivity contribution in [2.45, 2.75) is 19.1 Å². The number of carbonyl (C=O) groups is 1. The van der Waals surface area contributed by atoms with Gasteiger partial charge < -0.3 is 9.42 Å². The number of halogens is 5. The van der Waals surface area contributed by atoms with E-state index in [1.165, 1.54) is 24.3 Å². The van der Waals surface area contributed by atoms with Crippen molar-refractivity contribution in [2.24, 2.45) is 0 Å². The van der Waals surface area contributed by atoms with Crippen LogP contribution in [-0.4, -0.2) is 52.0 Å². The highest BCUT2D eigenvalue weighted by molar-refractivity contribution is 6.31. The maximum atomic E-state index is 13.9. The van der Waals surface area contributed by atoms with Gasteiger partial charge in [-0.05, 0) is 24.3 Å². The molecule has 0 spiro atoms. The van der Waals surface area contributed by atoms with Crippen molar-refractivity contribution in [3.8, 4) is 11.4 Å². The highest BCUT2D eigenvalue weighted by atomic mass is 35.5. The Bertz CT molecular complexity index is 1120. The van der Waals surface area contributed by atoms with Crippen molar-refractivity contribution in [1.82, 2.24) is 19.9 Å². The van der Waals surface area contributed by atoms with Crippen molar-refractivity contribution in [3.63, 3.8) is 0 Å². The number of carbonyl (C=O) groups excluding carboxylic acids is 1. The highest BCUT2D eigenvalue weighted by Crippen LogP contribution is 2.31. The zero-order valence-corrected chi connectivity index (χ0v) is 18.0. The topological polar surface area (TPSA) is 62.5 Å². The number of hydrogen-bond donors (Lipinski definition) is 0. The Labute approximate surface area is 191 Å². The van der Waals surface area contributed by atoms with E-state index in [9.17, 15) is 22.4 Å². The molecular formula is C22H19ClF4N4O2. The van der Waals surface area contributed by atoms with Crippen molar-refractivity contribution < 1.29 is 26.9 Å². The minimum atomic E-state index is -4.46. The average Bonchev–Trinajstić information content (AvgIpc) is 3.25. The van der Waals surface area contributed by atoms with Crippen LogP contribution in [-0.2, 0) is 23.9 Å². The van der Waals surface area contributed by atoms with Crippen LogP contribution in [0.1, 0.15) is 17.0 Å². The second-order valence-corrected chi connectivity index (χ2v) is 8.03. The Morgan fingerprint density at radius 3 is 2.52 bits per heavy atom. The van der Waals surface area contributed by atoms with Crippen LogP contribution in [0.15, 0.2) is 47.0 Å². The van der Waals surface area contributed by atoms with Crippen LogP contribution in [0.4, 0.5) is 17.6 Å². The third kappa shape index (κ3) is 5.51. The summed E-state index contributed by atoms with van der Waals surface area (Å²) in [6.07, 6.45) is -4.58. The van der Waals surface area contributed by atoms with Gasteiger partial charge >= 0.3 is 6.18 Å². The number of nitrogens with zero attached hydrogens (tertiary/aromatic N) is 4. The van der Waals surface area contributed by atoms with Gasteiger partial charge in [-0.3, -0.25) is 9.69 Å². The number of rotatable bonds is 5. The van der Waals surface area contributed by atoms with E-state index in [2.05, 4.69) is 10.1 Å². The van der Waals surface area contributed by atoms with Crippen LogP contribution >= 0.6 is 11.6 Å². The molecule has 3 aromatic rings. The Morgan fingerprint density at radius 2 is 1.82 bits per heavy atom. The summed E-state index contributed by atoms with van der Waals surface area (Å²) in [5, 5.41) is 4.01. The number of alkyl halides is 3. The van der Waals surface area contributed by atoms with Gasteiger partial charge in [-0.25, -0.2) is 4.39 Å². The lowest BCUT2D eigenvalue weighted by atomic mass is 10.1. The van der Waals surface area contributed by atoms with E-state index in [1.54, 1.807) is 11.0 Å². The molecule has 174 valence electrons. The first-order chi connectivity index (χ1) is 15.7. The van der Waals surface area contributed by atoms with Gasteiger partial charge in [-0.1, -0.05) is 35.0 Å². The fraction of sp³-hybridized carbons (Fsp3) is 0.318. The van der Waals surface area contributed by atoms with Gasteiger partial charge in [0.1, 0.15) is 5.82 Å². The molecule has 0 aliphatic carbocycles. The molecule has 33 heavy (non-hydrogen) atoms. The molecule has 2 heterocycles. The predicted molar refractivity (Wildman–Crippen MR) is 112 cm³/mol. The van der Waals surface area contributed by atoms with E-state index < -0.39 is 17.6 Å². The lowest BCUT2D eigenvalue weighted by Crippen LogP contribution is -2.48. The third-order valence-electron chi connectivity index (χ3n) is 5.39. The minimum absolute atomic E-state index is 0.0756. The summed E-state index contributed by atoms with van der Waals surface area (Å²) in [6, 6.07) is 9.02. The van der Waals surface area contributed by atoms with Crippen LogP contribution < -0.4 is 0 Å². The second-order valence-electron chi connectivity index (χ2n) is 7.62. The smallest absolute Gasteiger partial charge is 0.340 e. The van der Waals surface area contributed by atoms with Gasteiger partial charge in [0, 0.05) is 42.3 Å². The summed E-state index contributed by atoms with van der Waals surface area (Å²) in [5.41, 5.74) is -0.398. The standard InChI is InChI=1S/C22H19ClF4N4O2/c23-17-5-2-6-18(24)16(17)12-20(32)31-9-7-30(8-10-31)13-19-28-21(29-33-19)14-3-1-4-15(11-14)22(25,26)27/h1-6,11H,7-10,12-13H2. The molecule has 1 aliphatic rings. The molecule has 0 unspecified atom stereocenters. The number of piperazine rings is 1. The molecule has 1 fully saturated rings. The molecule has 0 N–H and O–H groups in total. The van der Waals surface area contributed by atoms with Crippen LogP contribution in [0.2, 0.25) is 5.02 Å². The zero-order valence-electron chi connectivity index (χ0n) is 17.3. The molecular weight excluding hydrogens is 464 g/mol. The predicted octanol–water partition coefficient (Wildman–Crippen LogP) is 4.43. The highest BCUT2D eigenvalue weighted by Gasteiger charge is 2.31. The minimum Gasteiger partial charge on any atom is -0.340 e. The summed E-state index contributed by atoms with van der Waals surface area (Å²) in [5.74, 6) is -0.388. The number of hydrogen-bond acceptors (Lipinski definition) is 5. The molecule has 1 saturated heterocycles. The van der Waals surface area contributed by atoms with Crippen LogP contribution in [0.25, 0.3) is 11.4 Å². The van der Waals surface area contributed by atoms with E-state index in [4.69, 9.17) is 16.1 Å². The normalized spacial score (nSPS) is 15.1. The first-order valence-electron chi connectivity index (χ1n) is 10.1. The summed E-state index contributed by atoms with van der Waals surface area (Å²) in [4.78, 5) is 20.4. The third-order valence-corrected chi connectivity index (χ3v) is 5.74. The molecule has 1 aliphatic heterocycles. The lowest BCUT2D eigenvalue weighted by Gasteiger charge is -2.34. The van der Waals surface area contributed by atoms with Crippen LogP contribution in [0.3, 0.4) is 0 Å². The van der Waals surface area contributed by atoms with Gasteiger partial charge in [0.15, 0.2) is 0 Å². The molecule has 0 saturated carbocycles. The molecule has 11 heteroatoms. The Balaban J connectivity index is 1.33. The van der Waals surface area contributed by atoms with E-state index in [-0.39, 0.29) is 40.2 Å². The van der Waals surface area contributed by atoms with Crippen molar-refractivity contribution in [3.05, 3.63) is 70.3 Å². The maximum absolute atomic E-state index is 13.9.